The Morgan fingerprint density at radius 3 is 2.35 bits per heavy atom. The van der Waals surface area contributed by atoms with Crippen LogP contribution in [0.3, 0.4) is 0 Å². The molecule has 4 rings (SSSR count). The molecule has 2 aliphatic heterocycles. The van der Waals surface area contributed by atoms with Gasteiger partial charge in [-0.2, -0.15) is 0 Å². The van der Waals surface area contributed by atoms with Crippen LogP contribution >= 0.6 is 0 Å². The fourth-order valence-corrected chi connectivity index (χ4v) is 5.29. The van der Waals surface area contributed by atoms with Crippen LogP contribution in [0.15, 0.2) is 48.5 Å². The zero-order valence-corrected chi connectivity index (χ0v) is 15.4. The average molecular weight is 370 g/mol. The highest BCUT2D eigenvalue weighted by Crippen LogP contribution is 2.30. The third kappa shape index (κ3) is 3.21. The lowest BCUT2D eigenvalue weighted by Gasteiger charge is -2.29. The van der Waals surface area contributed by atoms with Gasteiger partial charge in [-0.05, 0) is 35.6 Å². The number of rotatable bonds is 4. The first-order valence-corrected chi connectivity index (χ1v) is 10.6. The van der Waals surface area contributed by atoms with Crippen LogP contribution in [0.4, 0.5) is 5.69 Å². The highest BCUT2D eigenvalue weighted by atomic mass is 32.2. The van der Waals surface area contributed by atoms with Crippen molar-refractivity contribution in [2.45, 2.75) is 25.8 Å². The average Bonchev–Trinajstić information content (AvgIpc) is 3.11. The molecule has 0 spiro atoms. The first-order chi connectivity index (χ1) is 12.5. The molecule has 136 valence electrons. The predicted octanol–water partition coefficient (Wildman–Crippen LogP) is 2.35. The van der Waals surface area contributed by atoms with Crippen molar-refractivity contribution in [1.29, 1.82) is 0 Å². The van der Waals surface area contributed by atoms with Crippen molar-refractivity contribution in [2.75, 3.05) is 23.1 Å². The first kappa shape index (κ1) is 17.1. The van der Waals surface area contributed by atoms with E-state index in [2.05, 4.69) is 6.07 Å². The van der Waals surface area contributed by atoms with Crippen LogP contribution in [0.25, 0.3) is 0 Å². The standard InChI is InChI=1S/C20H22N2O3S/c23-20(21-12-9-16-5-1-2-7-18(16)15-21)11-14-26(24,25)22-13-10-17-6-3-4-8-19(17)22/h1-8H,9-15H2. The van der Waals surface area contributed by atoms with Crippen LogP contribution in [0.5, 0.6) is 0 Å². The van der Waals surface area contributed by atoms with Crippen LogP contribution in [-0.2, 0) is 34.2 Å². The van der Waals surface area contributed by atoms with Crippen LogP contribution in [-0.4, -0.2) is 38.1 Å². The van der Waals surface area contributed by atoms with Crippen LogP contribution in [0.1, 0.15) is 23.1 Å². The number of hydrogen-bond donors (Lipinski definition) is 0. The molecule has 0 N–H and O–H groups in total. The fraction of sp³-hybridized carbons (Fsp3) is 0.350. The van der Waals surface area contributed by atoms with Gasteiger partial charge in [0.25, 0.3) is 0 Å². The summed E-state index contributed by atoms with van der Waals surface area (Å²) in [6, 6.07) is 15.7. The van der Waals surface area contributed by atoms with E-state index in [1.54, 1.807) is 4.90 Å². The molecule has 2 aliphatic rings. The Morgan fingerprint density at radius 2 is 1.54 bits per heavy atom. The van der Waals surface area contributed by atoms with Gasteiger partial charge in [-0.1, -0.05) is 42.5 Å². The second kappa shape index (κ2) is 6.76. The normalized spacial score (nSPS) is 16.3. The van der Waals surface area contributed by atoms with Crippen molar-refractivity contribution < 1.29 is 13.2 Å². The summed E-state index contributed by atoms with van der Waals surface area (Å²) in [6.07, 6.45) is 1.59. The molecule has 0 saturated heterocycles. The Morgan fingerprint density at radius 1 is 0.885 bits per heavy atom. The minimum atomic E-state index is -3.48. The smallest absolute Gasteiger partial charge is 0.235 e. The second-order valence-corrected chi connectivity index (χ2v) is 8.86. The summed E-state index contributed by atoms with van der Waals surface area (Å²) in [5.41, 5.74) is 4.24. The number of benzene rings is 2. The van der Waals surface area contributed by atoms with E-state index in [-0.39, 0.29) is 18.1 Å². The number of hydrogen-bond acceptors (Lipinski definition) is 3. The van der Waals surface area contributed by atoms with Crippen molar-refractivity contribution in [3.05, 3.63) is 65.2 Å². The van der Waals surface area contributed by atoms with Gasteiger partial charge in [0, 0.05) is 26.1 Å². The zero-order chi connectivity index (χ0) is 18.1. The van der Waals surface area contributed by atoms with Gasteiger partial charge in [0.1, 0.15) is 0 Å². The van der Waals surface area contributed by atoms with E-state index in [9.17, 15) is 13.2 Å². The number of sulfonamides is 1. The maximum atomic E-state index is 12.7. The summed E-state index contributed by atoms with van der Waals surface area (Å²) < 4.78 is 26.9. The molecule has 0 aliphatic carbocycles. The van der Waals surface area contributed by atoms with Gasteiger partial charge in [0.15, 0.2) is 0 Å². The number of carbonyl (C=O) groups excluding carboxylic acids is 1. The summed E-state index contributed by atoms with van der Waals surface area (Å²) in [7, 11) is -3.48. The molecule has 2 heterocycles. The molecule has 0 aromatic heterocycles. The number of nitrogens with zero attached hydrogens (tertiary/aromatic N) is 2. The Hall–Kier alpha value is -2.34. The van der Waals surface area contributed by atoms with Gasteiger partial charge in [-0.3, -0.25) is 9.10 Å². The third-order valence-corrected chi connectivity index (χ3v) is 7.01. The Labute approximate surface area is 154 Å². The van der Waals surface area contributed by atoms with Crippen molar-refractivity contribution in [3.8, 4) is 0 Å². The van der Waals surface area contributed by atoms with E-state index < -0.39 is 10.0 Å². The van der Waals surface area contributed by atoms with Crippen LogP contribution < -0.4 is 4.31 Å². The van der Waals surface area contributed by atoms with Crippen molar-refractivity contribution >= 4 is 21.6 Å². The highest BCUT2D eigenvalue weighted by Gasteiger charge is 2.30. The molecule has 1 amide bonds. The quantitative estimate of drug-likeness (QED) is 0.830. The predicted molar refractivity (Wildman–Crippen MR) is 101 cm³/mol. The summed E-state index contributed by atoms with van der Waals surface area (Å²) in [4.78, 5) is 14.3. The second-order valence-electron chi connectivity index (χ2n) is 6.85. The molecule has 2 aromatic rings. The molecule has 0 saturated carbocycles. The lowest BCUT2D eigenvalue weighted by Crippen LogP contribution is -2.38. The first-order valence-electron chi connectivity index (χ1n) is 8.97. The van der Waals surface area contributed by atoms with Gasteiger partial charge < -0.3 is 4.90 Å². The molecule has 6 heteroatoms. The van der Waals surface area contributed by atoms with E-state index in [0.29, 0.717) is 19.6 Å². The van der Waals surface area contributed by atoms with Gasteiger partial charge in [0.05, 0.1) is 11.4 Å². The number of amides is 1. The molecule has 5 nitrogen and oxygen atoms in total. The molecule has 0 radical (unpaired) electrons. The van der Waals surface area contributed by atoms with E-state index in [1.807, 2.05) is 42.5 Å². The number of carbonyl (C=O) groups is 1. The molecule has 26 heavy (non-hydrogen) atoms. The molecule has 0 fully saturated rings. The minimum absolute atomic E-state index is 0.0309. The van der Waals surface area contributed by atoms with Crippen molar-refractivity contribution in [1.82, 2.24) is 4.90 Å². The van der Waals surface area contributed by atoms with E-state index in [0.717, 1.165) is 29.7 Å². The monoisotopic (exact) mass is 370 g/mol. The molecular weight excluding hydrogens is 348 g/mol. The summed E-state index contributed by atoms with van der Waals surface area (Å²) >= 11 is 0. The SMILES string of the molecule is O=C(CCS(=O)(=O)N1CCc2ccccc21)N1CCc2ccccc2C1. The lowest BCUT2D eigenvalue weighted by atomic mass is 10.00. The topological polar surface area (TPSA) is 57.7 Å². The zero-order valence-electron chi connectivity index (χ0n) is 14.6. The number of anilines is 1. The van der Waals surface area contributed by atoms with E-state index in [1.165, 1.54) is 9.87 Å². The molecule has 0 bridgehead atoms. The van der Waals surface area contributed by atoms with Crippen LogP contribution in [0.2, 0.25) is 0 Å². The van der Waals surface area contributed by atoms with Crippen LogP contribution in [0, 0.1) is 0 Å². The minimum Gasteiger partial charge on any atom is -0.338 e. The van der Waals surface area contributed by atoms with Gasteiger partial charge >= 0.3 is 0 Å². The molecule has 0 atom stereocenters. The fourth-order valence-electron chi connectivity index (χ4n) is 3.79. The summed E-state index contributed by atoms with van der Waals surface area (Å²) in [5.74, 6) is -0.228. The van der Waals surface area contributed by atoms with Crippen molar-refractivity contribution in [2.24, 2.45) is 0 Å². The highest BCUT2D eigenvalue weighted by molar-refractivity contribution is 7.92. The Balaban J connectivity index is 1.40. The summed E-state index contributed by atoms with van der Waals surface area (Å²) in [6.45, 7) is 1.69. The summed E-state index contributed by atoms with van der Waals surface area (Å²) in [5, 5.41) is 0. The molecule has 0 unspecified atom stereocenters. The number of fused-ring (bicyclic) bond motifs is 2. The Bertz CT molecular complexity index is 940. The molecular formula is C20H22N2O3S. The van der Waals surface area contributed by atoms with E-state index in [4.69, 9.17) is 0 Å². The Kier molecular flexibility index (Phi) is 4.44. The maximum Gasteiger partial charge on any atom is 0.235 e. The van der Waals surface area contributed by atoms with Gasteiger partial charge in [0.2, 0.25) is 15.9 Å². The molecule has 2 aromatic carbocycles. The number of para-hydroxylation sites is 1. The lowest BCUT2D eigenvalue weighted by molar-refractivity contribution is -0.131. The largest absolute Gasteiger partial charge is 0.338 e. The van der Waals surface area contributed by atoms with Gasteiger partial charge in [-0.15, -0.1) is 0 Å². The maximum absolute atomic E-state index is 12.7. The van der Waals surface area contributed by atoms with E-state index >= 15 is 0 Å². The van der Waals surface area contributed by atoms with Gasteiger partial charge in [-0.25, -0.2) is 8.42 Å². The third-order valence-electron chi connectivity index (χ3n) is 5.24. The van der Waals surface area contributed by atoms with Crippen molar-refractivity contribution in [3.63, 3.8) is 0 Å².